The Hall–Kier alpha value is -2.08. The maximum absolute atomic E-state index is 12.3. The van der Waals surface area contributed by atoms with Gasteiger partial charge in [-0.3, -0.25) is 23.4 Å². The van der Waals surface area contributed by atoms with Crippen LogP contribution in [0.25, 0.3) is 0 Å². The van der Waals surface area contributed by atoms with Crippen molar-refractivity contribution in [3.05, 3.63) is 0 Å². The molecule has 2 rings (SSSR count). The van der Waals surface area contributed by atoms with Crippen LogP contribution in [0.15, 0.2) is 0 Å². The van der Waals surface area contributed by atoms with Crippen molar-refractivity contribution in [3.63, 3.8) is 0 Å². The maximum atomic E-state index is 12.3. The molecule has 322 valence electrons. The van der Waals surface area contributed by atoms with Gasteiger partial charge in [0.05, 0.1) is 45.7 Å². The van der Waals surface area contributed by atoms with Gasteiger partial charge in [-0.1, -0.05) is 0 Å². The molecule has 2 aliphatic heterocycles. The molecule has 2 heterocycles. The summed E-state index contributed by atoms with van der Waals surface area (Å²) in [4.78, 5) is 46.0. The molecule has 0 radical (unpaired) electrons. The van der Waals surface area contributed by atoms with Crippen molar-refractivity contribution in [2.24, 2.45) is 0 Å². The number of aliphatic hydroxyl groups is 10. The summed E-state index contributed by atoms with van der Waals surface area (Å²) in [6.45, 7) is -1.96. The lowest BCUT2D eigenvalue weighted by atomic mass is 9.94. The summed E-state index contributed by atoms with van der Waals surface area (Å²) in [6.07, 6.45) is -20.6. The zero-order valence-electron chi connectivity index (χ0n) is 30.3. The largest absolute Gasteiger partial charge is 0.472 e. The van der Waals surface area contributed by atoms with Crippen LogP contribution in [0.1, 0.15) is 20.8 Å². The molecule has 0 spiro atoms. The van der Waals surface area contributed by atoms with Crippen molar-refractivity contribution in [2.75, 3.05) is 52.7 Å². The van der Waals surface area contributed by atoms with E-state index in [1.807, 2.05) is 0 Å². The normalized spacial score (nSPS) is 32.3. The average molecular weight is 827 g/mol. The average Bonchev–Trinajstić information content (AvgIpc) is 3.12. The van der Waals surface area contributed by atoms with Gasteiger partial charge in [0.25, 0.3) is 0 Å². The predicted molar refractivity (Wildman–Crippen MR) is 179 cm³/mol. The number of rotatable bonds is 23. The van der Waals surface area contributed by atoms with E-state index in [0.29, 0.717) is 0 Å². The highest BCUT2D eigenvalue weighted by atomic mass is 31.2. The van der Waals surface area contributed by atoms with Crippen molar-refractivity contribution in [1.29, 1.82) is 0 Å². The number of hydrogen-bond acceptors (Lipinski definition) is 21. The van der Waals surface area contributed by atoms with Gasteiger partial charge in [-0.2, -0.15) is 0 Å². The minimum atomic E-state index is -4.64. The Morgan fingerprint density at radius 3 is 1.89 bits per heavy atom. The molecule has 55 heavy (non-hydrogen) atoms. The molecule has 0 saturated carbocycles. The molecule has 2 aliphatic rings. The molecule has 2 fully saturated rings. The van der Waals surface area contributed by atoms with Gasteiger partial charge in [0.1, 0.15) is 73.1 Å². The van der Waals surface area contributed by atoms with E-state index in [0.717, 1.165) is 20.8 Å². The molecular weight excluding hydrogens is 771 g/mol. The summed E-state index contributed by atoms with van der Waals surface area (Å²) in [5, 5.41) is 112. The van der Waals surface area contributed by atoms with Gasteiger partial charge in [-0.05, 0) is 0 Å². The lowest BCUT2D eigenvalue weighted by Gasteiger charge is -2.48. The van der Waals surface area contributed by atoms with Gasteiger partial charge in [-0.15, -0.1) is 0 Å². The van der Waals surface area contributed by atoms with Gasteiger partial charge in [-0.25, -0.2) is 4.57 Å². The standard InChI is InChI=1S/C29H55N4O21P/c1-12(38)31-16(6-30-4-5-49-55(47,48)50-11-15(41)7-34)22(43)26(17(42)8-35)53-29-21(33-14(3)40)25(46)27(19(10-37)52-29)54-28-20(32-13(2)39)24(45)23(44)18(9-36)51-28/h15-30,34-37,41-46H,4-11H2,1-3H3,(H,31,38)(H,32,39)(H,33,40)(H,47,48)/t15?,16-,17+,18+,19+,20+,21+,22+,23+,24+,25+,26+,27+,28-,29-/m0/s1. The Labute approximate surface area is 315 Å². The first-order valence-corrected chi connectivity index (χ1v) is 18.6. The molecule has 3 amide bonds. The number of carbonyl (C=O) groups is 3. The molecule has 2 unspecified atom stereocenters. The highest BCUT2D eigenvalue weighted by Gasteiger charge is 2.53. The fraction of sp³-hybridized carbons (Fsp3) is 0.897. The summed E-state index contributed by atoms with van der Waals surface area (Å²) < 4.78 is 44.3. The smallest absolute Gasteiger partial charge is 0.394 e. The zero-order valence-corrected chi connectivity index (χ0v) is 31.2. The van der Waals surface area contributed by atoms with E-state index in [4.69, 9.17) is 28.6 Å². The van der Waals surface area contributed by atoms with Crippen LogP contribution in [-0.2, 0) is 46.9 Å². The number of nitrogens with one attached hydrogen (secondary N) is 4. The molecule has 25 nitrogen and oxygen atoms in total. The third-order valence-corrected chi connectivity index (χ3v) is 9.28. The fourth-order valence-electron chi connectivity index (χ4n) is 5.65. The van der Waals surface area contributed by atoms with Crippen LogP contribution in [0.2, 0.25) is 0 Å². The van der Waals surface area contributed by atoms with Crippen molar-refractivity contribution < 1.29 is 103 Å². The second kappa shape index (κ2) is 23.4. The van der Waals surface area contributed by atoms with Gasteiger partial charge in [0.2, 0.25) is 17.7 Å². The van der Waals surface area contributed by atoms with Crippen LogP contribution in [0, 0.1) is 0 Å². The van der Waals surface area contributed by atoms with E-state index >= 15 is 0 Å². The molecule has 26 heteroatoms. The number of phosphoric ester groups is 1. The van der Waals surface area contributed by atoms with Crippen LogP contribution in [-0.4, -0.2) is 218 Å². The van der Waals surface area contributed by atoms with Crippen LogP contribution >= 0.6 is 7.82 Å². The Balaban J connectivity index is 2.30. The zero-order chi connectivity index (χ0) is 41.6. The number of hydrogen-bond donors (Lipinski definition) is 15. The van der Waals surface area contributed by atoms with Gasteiger partial charge >= 0.3 is 7.82 Å². The van der Waals surface area contributed by atoms with E-state index in [1.54, 1.807) is 0 Å². The molecule has 0 aromatic heterocycles. The summed E-state index contributed by atoms with van der Waals surface area (Å²) in [6, 6.07) is -4.46. The summed E-state index contributed by atoms with van der Waals surface area (Å²) in [5.41, 5.74) is 0. The highest BCUT2D eigenvalue weighted by molar-refractivity contribution is 7.47. The number of ether oxygens (including phenoxy) is 4. The van der Waals surface area contributed by atoms with Crippen molar-refractivity contribution >= 4 is 25.5 Å². The lowest BCUT2D eigenvalue weighted by Crippen LogP contribution is -2.70. The quantitative estimate of drug-likeness (QED) is 0.0336. The molecule has 0 aromatic carbocycles. The molecule has 0 aliphatic carbocycles. The third kappa shape index (κ3) is 15.0. The summed E-state index contributed by atoms with van der Waals surface area (Å²) in [7, 11) is -4.64. The number of carbonyl (C=O) groups excluding carboxylic acids is 3. The first-order chi connectivity index (χ1) is 25.8. The van der Waals surface area contributed by atoms with Crippen LogP contribution in [0.5, 0.6) is 0 Å². The van der Waals surface area contributed by atoms with Gasteiger partial charge < -0.3 is 96.2 Å². The Bertz CT molecular complexity index is 1240. The first kappa shape index (κ1) is 49.1. The molecule has 15 N–H and O–H groups in total. The van der Waals surface area contributed by atoms with Crippen molar-refractivity contribution in [1.82, 2.24) is 21.3 Å². The molecule has 2 saturated heterocycles. The van der Waals surface area contributed by atoms with Gasteiger partial charge in [0, 0.05) is 33.9 Å². The topological polar surface area (TPSA) is 394 Å². The molecular formula is C29H55N4O21P. The van der Waals surface area contributed by atoms with Crippen LogP contribution in [0.4, 0.5) is 0 Å². The van der Waals surface area contributed by atoms with E-state index < -0.39 is 157 Å². The Morgan fingerprint density at radius 2 is 1.36 bits per heavy atom. The van der Waals surface area contributed by atoms with E-state index in [-0.39, 0.29) is 13.1 Å². The Kier molecular flexibility index (Phi) is 20.8. The second-order valence-corrected chi connectivity index (χ2v) is 14.2. The highest BCUT2D eigenvalue weighted by Crippen LogP contribution is 2.42. The first-order valence-electron chi connectivity index (χ1n) is 17.1. The number of phosphoric acid groups is 1. The number of amides is 3. The Morgan fingerprint density at radius 1 is 0.782 bits per heavy atom. The van der Waals surface area contributed by atoms with E-state index in [1.165, 1.54) is 0 Å². The van der Waals surface area contributed by atoms with Crippen LogP contribution < -0.4 is 21.3 Å². The predicted octanol–water partition coefficient (Wildman–Crippen LogP) is -8.42. The van der Waals surface area contributed by atoms with Crippen molar-refractivity contribution in [3.8, 4) is 0 Å². The monoisotopic (exact) mass is 826 g/mol. The van der Waals surface area contributed by atoms with Crippen molar-refractivity contribution in [2.45, 2.75) is 113 Å². The fourth-order valence-corrected chi connectivity index (χ4v) is 6.40. The van der Waals surface area contributed by atoms with E-state index in [2.05, 4.69) is 25.8 Å². The minimum Gasteiger partial charge on any atom is -0.394 e. The summed E-state index contributed by atoms with van der Waals surface area (Å²) in [5.74, 6) is -2.14. The summed E-state index contributed by atoms with van der Waals surface area (Å²) >= 11 is 0. The van der Waals surface area contributed by atoms with Crippen LogP contribution in [0.3, 0.4) is 0 Å². The SMILES string of the molecule is CC(=O)N[C@H]1[C@H](O[C@@H]([C@H](O)[C@H](CNCCOP(=O)(O)OCC(O)CO)NC(C)=O)[C@H](O)CO)O[C@H](CO)[C@@H](O[C@@H]2O[C@H](CO)[C@@H](O)[C@H](O)[C@H]2NC(C)=O)[C@@H]1O. The number of aliphatic hydroxyl groups excluding tert-OH is 10. The van der Waals surface area contributed by atoms with E-state index in [9.17, 15) is 69.8 Å². The maximum Gasteiger partial charge on any atom is 0.472 e. The van der Waals surface area contributed by atoms with Gasteiger partial charge in [0.15, 0.2) is 12.6 Å². The molecule has 16 atom stereocenters. The third-order valence-electron chi connectivity index (χ3n) is 8.30. The lowest BCUT2D eigenvalue weighted by molar-refractivity contribution is -0.341. The second-order valence-electron chi connectivity index (χ2n) is 12.8. The molecule has 0 aromatic rings. The molecule has 0 bridgehead atoms. The minimum absolute atomic E-state index is 0.196.